The lowest BCUT2D eigenvalue weighted by Gasteiger charge is -2.15. The summed E-state index contributed by atoms with van der Waals surface area (Å²) < 4.78 is 11.9. The molecule has 0 atom stereocenters. The van der Waals surface area contributed by atoms with Gasteiger partial charge >= 0.3 is 0 Å². The molecule has 0 saturated heterocycles. The quantitative estimate of drug-likeness (QED) is 0.679. The van der Waals surface area contributed by atoms with Gasteiger partial charge in [-0.25, -0.2) is 0 Å². The van der Waals surface area contributed by atoms with Crippen molar-refractivity contribution in [3.8, 4) is 11.5 Å². The fourth-order valence-electron chi connectivity index (χ4n) is 2.37. The molecular formula is C20H23BrN2O4. The van der Waals surface area contributed by atoms with Crippen LogP contribution in [0.4, 0.5) is 0 Å². The van der Waals surface area contributed by atoms with E-state index < -0.39 is 11.8 Å². The molecule has 0 unspecified atom stereocenters. The van der Waals surface area contributed by atoms with Crippen molar-refractivity contribution in [1.29, 1.82) is 0 Å². The van der Waals surface area contributed by atoms with Gasteiger partial charge in [-0.05, 0) is 57.5 Å². The van der Waals surface area contributed by atoms with Crippen LogP contribution in [0.25, 0.3) is 0 Å². The summed E-state index contributed by atoms with van der Waals surface area (Å²) in [5, 5.41) is 0. The predicted molar refractivity (Wildman–Crippen MR) is 107 cm³/mol. The largest absolute Gasteiger partial charge is 0.490 e. The number of hydrazine groups is 1. The van der Waals surface area contributed by atoms with Crippen LogP contribution >= 0.6 is 15.9 Å². The summed E-state index contributed by atoms with van der Waals surface area (Å²) in [5.74, 6) is 0.115. The molecule has 0 spiro atoms. The standard InChI is InChI=1S/C20H23BrN2O4/c1-12(2)27-18-8-6-15(21)10-16(18)20(25)23-22-19(24)11-26-17-7-5-13(3)9-14(17)4/h5-10,12H,11H2,1-4H3,(H,22,24)(H,23,25). The normalized spacial score (nSPS) is 10.4. The lowest BCUT2D eigenvalue weighted by atomic mass is 10.1. The first-order chi connectivity index (χ1) is 12.8. The van der Waals surface area contributed by atoms with Crippen LogP contribution in [0.15, 0.2) is 40.9 Å². The zero-order valence-electron chi connectivity index (χ0n) is 15.8. The van der Waals surface area contributed by atoms with E-state index in [1.54, 1.807) is 18.2 Å². The van der Waals surface area contributed by atoms with Crippen LogP contribution in [0.5, 0.6) is 11.5 Å². The summed E-state index contributed by atoms with van der Waals surface area (Å²) in [7, 11) is 0. The molecule has 0 radical (unpaired) electrons. The van der Waals surface area contributed by atoms with Crippen LogP contribution in [0.1, 0.15) is 35.3 Å². The number of hydrogen-bond acceptors (Lipinski definition) is 4. The van der Waals surface area contributed by atoms with E-state index in [1.165, 1.54) is 0 Å². The van der Waals surface area contributed by atoms with Crippen LogP contribution in [-0.2, 0) is 4.79 Å². The Morgan fingerprint density at radius 1 is 1.04 bits per heavy atom. The van der Waals surface area contributed by atoms with E-state index in [2.05, 4.69) is 26.8 Å². The van der Waals surface area contributed by atoms with Crippen molar-refractivity contribution < 1.29 is 19.1 Å². The minimum Gasteiger partial charge on any atom is -0.490 e. The van der Waals surface area contributed by atoms with E-state index in [0.29, 0.717) is 17.1 Å². The van der Waals surface area contributed by atoms with Crippen molar-refractivity contribution in [2.45, 2.75) is 33.8 Å². The Morgan fingerprint density at radius 3 is 2.41 bits per heavy atom. The Balaban J connectivity index is 1.93. The maximum Gasteiger partial charge on any atom is 0.276 e. The number of amides is 2. The van der Waals surface area contributed by atoms with Gasteiger partial charge in [0.2, 0.25) is 0 Å². The van der Waals surface area contributed by atoms with E-state index >= 15 is 0 Å². The number of halogens is 1. The molecule has 2 aromatic carbocycles. The first-order valence-electron chi connectivity index (χ1n) is 8.51. The van der Waals surface area contributed by atoms with Crippen LogP contribution in [0.3, 0.4) is 0 Å². The minimum atomic E-state index is -0.480. The second-order valence-electron chi connectivity index (χ2n) is 6.37. The number of nitrogens with one attached hydrogen (secondary N) is 2. The molecule has 2 aromatic rings. The zero-order chi connectivity index (χ0) is 20.0. The molecule has 2 rings (SSSR count). The second-order valence-corrected chi connectivity index (χ2v) is 7.28. The number of ether oxygens (including phenoxy) is 2. The summed E-state index contributed by atoms with van der Waals surface area (Å²) in [4.78, 5) is 24.4. The number of aryl methyl sites for hydroxylation is 2. The lowest BCUT2D eigenvalue weighted by molar-refractivity contribution is -0.123. The van der Waals surface area contributed by atoms with Gasteiger partial charge in [-0.3, -0.25) is 20.4 Å². The molecule has 0 aliphatic heterocycles. The van der Waals surface area contributed by atoms with Crippen molar-refractivity contribution in [3.63, 3.8) is 0 Å². The molecule has 0 bridgehead atoms. The van der Waals surface area contributed by atoms with Gasteiger partial charge in [-0.2, -0.15) is 0 Å². The van der Waals surface area contributed by atoms with E-state index in [0.717, 1.165) is 15.6 Å². The average molecular weight is 435 g/mol. The fourth-order valence-corrected chi connectivity index (χ4v) is 2.73. The van der Waals surface area contributed by atoms with Crippen molar-refractivity contribution in [3.05, 3.63) is 57.6 Å². The monoisotopic (exact) mass is 434 g/mol. The Labute approximate surface area is 167 Å². The van der Waals surface area contributed by atoms with Gasteiger partial charge in [0, 0.05) is 4.47 Å². The Kier molecular flexibility index (Phi) is 7.24. The number of rotatable bonds is 6. The number of carbonyl (C=O) groups excluding carboxylic acids is 2. The molecule has 0 aliphatic rings. The third kappa shape index (κ3) is 6.29. The molecule has 144 valence electrons. The minimum absolute atomic E-state index is 0.0848. The highest BCUT2D eigenvalue weighted by molar-refractivity contribution is 9.10. The summed E-state index contributed by atoms with van der Waals surface area (Å²) in [5.41, 5.74) is 7.10. The zero-order valence-corrected chi connectivity index (χ0v) is 17.3. The number of benzene rings is 2. The highest BCUT2D eigenvalue weighted by Crippen LogP contribution is 2.24. The molecule has 27 heavy (non-hydrogen) atoms. The molecule has 6 nitrogen and oxygen atoms in total. The van der Waals surface area contributed by atoms with Crippen LogP contribution in [0, 0.1) is 13.8 Å². The van der Waals surface area contributed by atoms with Crippen LogP contribution in [-0.4, -0.2) is 24.5 Å². The van der Waals surface area contributed by atoms with Crippen LogP contribution < -0.4 is 20.3 Å². The molecule has 0 aliphatic carbocycles. The third-order valence-electron chi connectivity index (χ3n) is 3.55. The molecule has 0 fully saturated rings. The topological polar surface area (TPSA) is 76.7 Å². The molecule has 7 heteroatoms. The first-order valence-corrected chi connectivity index (χ1v) is 9.31. The van der Waals surface area contributed by atoms with Crippen LogP contribution in [0.2, 0.25) is 0 Å². The van der Waals surface area contributed by atoms with Crippen molar-refractivity contribution >= 4 is 27.7 Å². The van der Waals surface area contributed by atoms with Gasteiger partial charge in [0.15, 0.2) is 6.61 Å². The van der Waals surface area contributed by atoms with E-state index in [9.17, 15) is 9.59 Å². The summed E-state index contributed by atoms with van der Waals surface area (Å²) in [6, 6.07) is 10.8. The van der Waals surface area contributed by atoms with Gasteiger partial charge in [0.25, 0.3) is 11.8 Å². The van der Waals surface area contributed by atoms with E-state index in [4.69, 9.17) is 9.47 Å². The van der Waals surface area contributed by atoms with Gasteiger partial charge in [0.1, 0.15) is 11.5 Å². The van der Waals surface area contributed by atoms with E-state index in [1.807, 2.05) is 45.9 Å². The van der Waals surface area contributed by atoms with Crippen molar-refractivity contribution in [1.82, 2.24) is 10.9 Å². The second kappa shape index (κ2) is 9.41. The number of carbonyl (C=O) groups is 2. The van der Waals surface area contributed by atoms with Gasteiger partial charge in [0.05, 0.1) is 11.7 Å². The smallest absolute Gasteiger partial charge is 0.276 e. The maximum absolute atomic E-state index is 12.4. The van der Waals surface area contributed by atoms with E-state index in [-0.39, 0.29) is 12.7 Å². The van der Waals surface area contributed by atoms with Crippen molar-refractivity contribution in [2.75, 3.05) is 6.61 Å². The summed E-state index contributed by atoms with van der Waals surface area (Å²) >= 11 is 3.33. The molecular weight excluding hydrogens is 412 g/mol. The van der Waals surface area contributed by atoms with Gasteiger partial charge in [-0.1, -0.05) is 33.6 Å². The molecule has 0 aromatic heterocycles. The lowest BCUT2D eigenvalue weighted by Crippen LogP contribution is -2.44. The summed E-state index contributed by atoms with van der Waals surface area (Å²) in [6.07, 6.45) is -0.0848. The Morgan fingerprint density at radius 2 is 1.74 bits per heavy atom. The highest BCUT2D eigenvalue weighted by Gasteiger charge is 2.15. The fraction of sp³-hybridized carbons (Fsp3) is 0.300. The molecule has 0 saturated carbocycles. The van der Waals surface area contributed by atoms with Gasteiger partial charge in [-0.15, -0.1) is 0 Å². The molecule has 0 heterocycles. The third-order valence-corrected chi connectivity index (χ3v) is 4.05. The SMILES string of the molecule is Cc1ccc(OCC(=O)NNC(=O)c2cc(Br)ccc2OC(C)C)c(C)c1. The Bertz CT molecular complexity index is 837. The Hall–Kier alpha value is -2.54. The summed E-state index contributed by atoms with van der Waals surface area (Å²) in [6.45, 7) is 7.42. The highest BCUT2D eigenvalue weighted by atomic mass is 79.9. The first kappa shape index (κ1) is 20.8. The molecule has 2 N–H and O–H groups in total. The maximum atomic E-state index is 12.4. The van der Waals surface area contributed by atoms with Crippen molar-refractivity contribution in [2.24, 2.45) is 0 Å². The predicted octanol–water partition coefficient (Wildman–Crippen LogP) is 3.69. The molecule has 2 amide bonds. The van der Waals surface area contributed by atoms with Gasteiger partial charge < -0.3 is 9.47 Å². The number of hydrogen-bond donors (Lipinski definition) is 2. The average Bonchev–Trinajstić information content (AvgIpc) is 2.60.